The van der Waals surface area contributed by atoms with Crippen LogP contribution in [0.1, 0.15) is 11.5 Å². The predicted molar refractivity (Wildman–Crippen MR) is 60.7 cm³/mol. The van der Waals surface area contributed by atoms with Gasteiger partial charge in [0.05, 0.1) is 12.7 Å². The zero-order valence-corrected chi connectivity index (χ0v) is 10.4. The van der Waals surface area contributed by atoms with Crippen LogP contribution in [0.3, 0.4) is 0 Å². The second-order valence-corrected chi connectivity index (χ2v) is 5.71. The third-order valence-electron chi connectivity index (χ3n) is 2.34. The number of aromatic amines is 1. The largest absolute Gasteiger partial charge is 0.465 e. The summed E-state index contributed by atoms with van der Waals surface area (Å²) in [5.74, 6) is 1.36. The number of nitrogens with one attached hydrogen (secondary N) is 1. The lowest BCUT2D eigenvalue weighted by molar-refractivity contribution is 0.396. The summed E-state index contributed by atoms with van der Waals surface area (Å²) < 4.78 is 30.6. The standard InChI is InChI=1S/C10H13N3O3S/c1-8-3-4-9(16-8)7-13(2)17(14,15)10-5-6-11-12-10/h3-6H,7H2,1-2H3,(H,11,12). The fourth-order valence-electron chi connectivity index (χ4n) is 1.43. The fourth-order valence-corrected chi connectivity index (χ4v) is 2.46. The van der Waals surface area contributed by atoms with Crippen LogP contribution in [-0.2, 0) is 16.6 Å². The van der Waals surface area contributed by atoms with Gasteiger partial charge in [0, 0.05) is 7.05 Å². The van der Waals surface area contributed by atoms with Crippen LogP contribution in [0.2, 0.25) is 0 Å². The maximum atomic E-state index is 12.0. The topological polar surface area (TPSA) is 79.2 Å². The maximum absolute atomic E-state index is 12.0. The van der Waals surface area contributed by atoms with Crippen LogP contribution in [0.15, 0.2) is 33.8 Å². The molecule has 0 amide bonds. The molecule has 17 heavy (non-hydrogen) atoms. The first-order valence-electron chi connectivity index (χ1n) is 5.01. The zero-order chi connectivity index (χ0) is 12.5. The first-order valence-corrected chi connectivity index (χ1v) is 6.45. The summed E-state index contributed by atoms with van der Waals surface area (Å²) in [7, 11) is -2.04. The fraction of sp³-hybridized carbons (Fsp3) is 0.300. The van der Waals surface area contributed by atoms with Gasteiger partial charge in [-0.05, 0) is 25.1 Å². The molecule has 0 aliphatic carbocycles. The summed E-state index contributed by atoms with van der Waals surface area (Å²) >= 11 is 0. The molecule has 0 spiro atoms. The minimum absolute atomic E-state index is 0.0725. The van der Waals surface area contributed by atoms with Crippen molar-refractivity contribution in [2.24, 2.45) is 0 Å². The number of rotatable bonds is 4. The summed E-state index contributed by atoms with van der Waals surface area (Å²) in [5.41, 5.74) is 0. The molecule has 0 unspecified atom stereocenters. The van der Waals surface area contributed by atoms with E-state index < -0.39 is 10.0 Å². The lowest BCUT2D eigenvalue weighted by Gasteiger charge is -2.14. The molecule has 0 fully saturated rings. The lowest BCUT2D eigenvalue weighted by Crippen LogP contribution is -2.26. The van der Waals surface area contributed by atoms with Crippen molar-refractivity contribution in [3.05, 3.63) is 35.9 Å². The quantitative estimate of drug-likeness (QED) is 0.888. The third kappa shape index (κ3) is 2.40. The molecule has 0 aliphatic rings. The molecule has 2 aromatic rings. The van der Waals surface area contributed by atoms with E-state index in [4.69, 9.17) is 4.42 Å². The molecule has 6 nitrogen and oxygen atoms in total. The van der Waals surface area contributed by atoms with Gasteiger partial charge >= 0.3 is 0 Å². The van der Waals surface area contributed by atoms with Gasteiger partial charge in [0.2, 0.25) is 0 Å². The van der Waals surface area contributed by atoms with Crippen molar-refractivity contribution >= 4 is 10.0 Å². The Morgan fingerprint density at radius 1 is 1.41 bits per heavy atom. The van der Waals surface area contributed by atoms with Crippen molar-refractivity contribution in [1.29, 1.82) is 0 Å². The average molecular weight is 255 g/mol. The smallest absolute Gasteiger partial charge is 0.260 e. The predicted octanol–water partition coefficient (Wildman–Crippen LogP) is 1.13. The van der Waals surface area contributed by atoms with Gasteiger partial charge in [-0.1, -0.05) is 0 Å². The van der Waals surface area contributed by atoms with E-state index in [9.17, 15) is 8.42 Å². The molecule has 7 heteroatoms. The van der Waals surface area contributed by atoms with E-state index in [1.165, 1.54) is 23.6 Å². The van der Waals surface area contributed by atoms with Gasteiger partial charge in [0.15, 0.2) is 5.03 Å². The van der Waals surface area contributed by atoms with Crippen molar-refractivity contribution in [3.63, 3.8) is 0 Å². The highest BCUT2D eigenvalue weighted by molar-refractivity contribution is 7.89. The van der Waals surface area contributed by atoms with Gasteiger partial charge in [-0.25, -0.2) is 8.42 Å². The van der Waals surface area contributed by atoms with Crippen molar-refractivity contribution in [2.45, 2.75) is 18.5 Å². The molecule has 2 rings (SSSR count). The Hall–Kier alpha value is -1.60. The van der Waals surface area contributed by atoms with Crippen molar-refractivity contribution < 1.29 is 12.8 Å². The van der Waals surface area contributed by atoms with Crippen LogP contribution in [0.4, 0.5) is 0 Å². The third-order valence-corrected chi connectivity index (χ3v) is 4.07. The summed E-state index contributed by atoms with van der Waals surface area (Å²) in [4.78, 5) is 0. The lowest BCUT2D eigenvalue weighted by atomic mass is 10.4. The number of aromatic nitrogens is 2. The van der Waals surface area contributed by atoms with E-state index in [0.29, 0.717) is 5.76 Å². The minimum Gasteiger partial charge on any atom is -0.465 e. The first kappa shape index (κ1) is 11.9. The van der Waals surface area contributed by atoms with Gasteiger partial charge in [-0.3, -0.25) is 5.10 Å². The number of hydrogen-bond acceptors (Lipinski definition) is 4. The van der Waals surface area contributed by atoms with Crippen LogP contribution in [0.5, 0.6) is 0 Å². The summed E-state index contributed by atoms with van der Waals surface area (Å²) in [6.07, 6.45) is 1.40. The van der Waals surface area contributed by atoms with Gasteiger partial charge < -0.3 is 4.42 Å². The zero-order valence-electron chi connectivity index (χ0n) is 9.54. The second kappa shape index (κ2) is 4.34. The number of sulfonamides is 1. The van der Waals surface area contributed by atoms with E-state index in [2.05, 4.69) is 10.2 Å². The van der Waals surface area contributed by atoms with Gasteiger partial charge in [-0.2, -0.15) is 9.40 Å². The summed E-state index contributed by atoms with van der Waals surface area (Å²) in [6, 6.07) is 4.97. The molecule has 2 aromatic heterocycles. The van der Waals surface area contributed by atoms with Crippen molar-refractivity contribution in [3.8, 4) is 0 Å². The van der Waals surface area contributed by atoms with Gasteiger partial charge in [0.1, 0.15) is 11.5 Å². The number of furan rings is 1. The highest BCUT2D eigenvalue weighted by Gasteiger charge is 2.22. The Kier molecular flexibility index (Phi) is 3.03. The molecule has 92 valence electrons. The van der Waals surface area contributed by atoms with Gasteiger partial charge in [-0.15, -0.1) is 0 Å². The molecule has 0 saturated carbocycles. The molecule has 0 bridgehead atoms. The maximum Gasteiger partial charge on any atom is 0.260 e. The number of H-pyrrole nitrogens is 1. The molecule has 0 atom stereocenters. The average Bonchev–Trinajstić information content (AvgIpc) is 2.89. The number of aryl methyl sites for hydroxylation is 1. The molecule has 0 saturated heterocycles. The number of hydrogen-bond donors (Lipinski definition) is 1. The Morgan fingerprint density at radius 2 is 2.18 bits per heavy atom. The van der Waals surface area contributed by atoms with Crippen LogP contribution < -0.4 is 0 Å². The van der Waals surface area contributed by atoms with Crippen LogP contribution >= 0.6 is 0 Å². The first-order chi connectivity index (χ1) is 8.00. The molecule has 0 radical (unpaired) electrons. The van der Waals surface area contributed by atoms with Crippen molar-refractivity contribution in [2.75, 3.05) is 7.05 Å². The number of nitrogens with zero attached hydrogens (tertiary/aromatic N) is 2. The molecule has 2 heterocycles. The molecule has 1 N–H and O–H groups in total. The van der Waals surface area contributed by atoms with Crippen molar-refractivity contribution in [1.82, 2.24) is 14.5 Å². The summed E-state index contributed by atoms with van der Waals surface area (Å²) in [6.45, 7) is 2.00. The SMILES string of the molecule is Cc1ccc(CN(C)S(=O)(=O)c2ccn[nH]2)o1. The van der Waals surface area contributed by atoms with E-state index >= 15 is 0 Å². The highest BCUT2D eigenvalue weighted by atomic mass is 32.2. The van der Waals surface area contributed by atoms with E-state index in [0.717, 1.165) is 5.76 Å². The molecule has 0 aliphatic heterocycles. The van der Waals surface area contributed by atoms with Crippen LogP contribution in [-0.4, -0.2) is 30.0 Å². The molecular formula is C10H13N3O3S. The monoisotopic (exact) mass is 255 g/mol. The van der Waals surface area contributed by atoms with E-state index in [1.807, 2.05) is 6.92 Å². The Balaban J connectivity index is 2.18. The minimum atomic E-state index is -3.53. The summed E-state index contributed by atoms with van der Waals surface area (Å²) in [5, 5.41) is 6.14. The normalized spacial score (nSPS) is 12.2. The second-order valence-electron chi connectivity index (χ2n) is 3.69. The highest BCUT2D eigenvalue weighted by Crippen LogP contribution is 2.15. The van der Waals surface area contributed by atoms with Gasteiger partial charge in [0.25, 0.3) is 10.0 Å². The Morgan fingerprint density at radius 3 is 2.71 bits per heavy atom. The Labute approximate surface area is 99.3 Å². The van der Waals surface area contributed by atoms with E-state index in [-0.39, 0.29) is 11.6 Å². The molecule has 0 aromatic carbocycles. The Bertz CT molecular complexity index is 586. The van der Waals surface area contributed by atoms with Crippen LogP contribution in [0, 0.1) is 6.92 Å². The molecular weight excluding hydrogens is 242 g/mol. The van der Waals surface area contributed by atoms with Crippen LogP contribution in [0.25, 0.3) is 0 Å². The van der Waals surface area contributed by atoms with E-state index in [1.54, 1.807) is 12.1 Å².